The Morgan fingerprint density at radius 1 is 1.13 bits per heavy atom. The van der Waals surface area contributed by atoms with Gasteiger partial charge in [-0.15, -0.1) is 5.10 Å². The Morgan fingerprint density at radius 3 is 2.23 bits per heavy atom. The molecule has 7 nitrogen and oxygen atoms in total. The second kappa shape index (κ2) is 6.49. The average molecular weight is 465 g/mol. The summed E-state index contributed by atoms with van der Waals surface area (Å²) in [5, 5.41) is 3.71. The maximum Gasteiger partial charge on any atom is 0.416 e. The maximum absolute atomic E-state index is 13.1. The lowest BCUT2D eigenvalue weighted by atomic mass is 10.1. The largest absolute Gasteiger partial charge is 0.416 e. The lowest BCUT2D eigenvalue weighted by Crippen LogP contribution is -2.40. The number of rotatable bonds is 4. The molecular formula is C14H11F8N5O2S. The van der Waals surface area contributed by atoms with Gasteiger partial charge in [-0.25, -0.2) is 20.5 Å². The molecule has 0 radical (unpaired) electrons. The van der Waals surface area contributed by atoms with E-state index in [2.05, 4.69) is 10.1 Å². The van der Waals surface area contributed by atoms with E-state index in [4.69, 9.17) is 5.84 Å². The fraction of sp³-hybridized carbons (Fsp3) is 0.143. The molecule has 0 fully saturated rings. The molecule has 1 heterocycles. The molecule has 2 N–H and O–H groups in total. The fourth-order valence-corrected chi connectivity index (χ4v) is 2.67. The van der Waals surface area contributed by atoms with Crippen molar-refractivity contribution in [2.75, 3.05) is 0 Å². The van der Waals surface area contributed by atoms with E-state index in [9.17, 15) is 42.2 Å². The molecule has 16 heteroatoms. The molecule has 166 valence electrons. The number of nitrogens with two attached hydrogens (primary N) is 1. The number of amides is 2. The average Bonchev–Trinajstić information content (AvgIpc) is 3.04. The molecule has 1 aromatic carbocycles. The summed E-state index contributed by atoms with van der Waals surface area (Å²) in [6.45, 7) is 0.975. The highest BCUT2D eigenvalue weighted by Crippen LogP contribution is 3.02. The van der Waals surface area contributed by atoms with Gasteiger partial charge in [0.25, 0.3) is 5.91 Å². The molecule has 1 aromatic heterocycles. The molecule has 2 aromatic rings. The highest BCUT2D eigenvalue weighted by Gasteiger charge is 2.66. The lowest BCUT2D eigenvalue weighted by Gasteiger charge is -2.40. The molecule has 2 rings (SSSR count). The van der Waals surface area contributed by atoms with Gasteiger partial charge < -0.3 is 0 Å². The number of aromatic nitrogens is 3. The maximum atomic E-state index is 13.1. The fourth-order valence-electron chi connectivity index (χ4n) is 1.97. The van der Waals surface area contributed by atoms with Crippen molar-refractivity contribution in [2.45, 2.75) is 18.0 Å². The van der Waals surface area contributed by atoms with Crippen LogP contribution in [0.5, 0.6) is 0 Å². The minimum Gasteiger partial charge on any atom is -0.273 e. The number of nitrogens with zero attached hydrogens (tertiary/aromatic N) is 4. The number of halogens is 8. The third-order valence-electron chi connectivity index (χ3n) is 3.39. The summed E-state index contributed by atoms with van der Waals surface area (Å²) in [5.74, 6) is 2.50. The Kier molecular flexibility index (Phi) is 5.04. The van der Waals surface area contributed by atoms with Crippen molar-refractivity contribution in [1.29, 1.82) is 0 Å². The van der Waals surface area contributed by atoms with Gasteiger partial charge in [0.15, 0.2) is 5.82 Å². The zero-order chi connectivity index (χ0) is 23.2. The number of hydrazine groups is 1. The molecule has 0 bridgehead atoms. The van der Waals surface area contributed by atoms with E-state index in [0.29, 0.717) is 10.8 Å². The summed E-state index contributed by atoms with van der Waals surface area (Å²) < 4.78 is 105. The van der Waals surface area contributed by atoms with Crippen LogP contribution in [0, 0.1) is 0 Å². The van der Waals surface area contributed by atoms with Gasteiger partial charge in [-0.1, -0.05) is 19.4 Å². The summed E-state index contributed by atoms with van der Waals surface area (Å²) in [6, 6.07) is -0.736. The molecule has 0 atom stereocenters. The summed E-state index contributed by atoms with van der Waals surface area (Å²) in [5.41, 5.74) is -2.97. The van der Waals surface area contributed by atoms with Gasteiger partial charge in [0.05, 0.1) is 5.56 Å². The summed E-state index contributed by atoms with van der Waals surface area (Å²) in [7, 11) is -10.4. The van der Waals surface area contributed by atoms with Crippen LogP contribution in [-0.2, 0) is 15.8 Å². The van der Waals surface area contributed by atoms with Gasteiger partial charge in [0.1, 0.15) is 11.2 Å². The van der Waals surface area contributed by atoms with E-state index in [1.54, 1.807) is 0 Å². The zero-order valence-corrected chi connectivity index (χ0v) is 15.4. The van der Waals surface area contributed by atoms with E-state index in [1.165, 1.54) is 0 Å². The number of carbonyl (C=O) groups excluding carboxylic acids is 2. The minimum absolute atomic E-state index is 0.166. The molecule has 0 spiro atoms. The van der Waals surface area contributed by atoms with E-state index in [0.717, 1.165) is 19.5 Å². The monoisotopic (exact) mass is 465 g/mol. The molecule has 0 aliphatic heterocycles. The van der Waals surface area contributed by atoms with Crippen molar-refractivity contribution >= 4 is 28.2 Å². The number of imide groups is 1. The first-order chi connectivity index (χ1) is 13.3. The van der Waals surface area contributed by atoms with E-state index in [-0.39, 0.29) is 17.1 Å². The van der Waals surface area contributed by atoms with Crippen molar-refractivity contribution in [3.05, 3.63) is 36.2 Å². The minimum atomic E-state index is -10.4. The summed E-state index contributed by atoms with van der Waals surface area (Å²) in [4.78, 5) is 23.1. The van der Waals surface area contributed by atoms with Gasteiger partial charge in [-0.05, 0) is 18.2 Å². The van der Waals surface area contributed by atoms with Crippen LogP contribution in [0.4, 0.5) is 32.6 Å². The van der Waals surface area contributed by atoms with E-state index >= 15 is 0 Å². The Morgan fingerprint density at radius 2 is 1.73 bits per heavy atom. The zero-order valence-electron chi connectivity index (χ0n) is 14.6. The smallest absolute Gasteiger partial charge is 0.273 e. The van der Waals surface area contributed by atoms with Crippen LogP contribution in [0.25, 0.3) is 17.6 Å². The standard InChI is InChI=1S/C14H11F8N5O2S/c1-8(28)27(23)12(29)2-3-26-7-24-13(25-26)9-4-10(14(15,16)17)6-11(5-9)30(18,19,20,21)22/h2-7H,23H2,1H3/b3-2-. The van der Waals surface area contributed by atoms with E-state index in [1.807, 2.05) is 0 Å². The Hall–Kier alpha value is -3.01. The molecule has 0 saturated carbocycles. The van der Waals surface area contributed by atoms with Gasteiger partial charge in [0.2, 0.25) is 5.91 Å². The van der Waals surface area contributed by atoms with Crippen molar-refractivity contribution in [1.82, 2.24) is 19.8 Å². The van der Waals surface area contributed by atoms with Crippen molar-refractivity contribution in [3.8, 4) is 11.4 Å². The predicted molar refractivity (Wildman–Crippen MR) is 88.9 cm³/mol. The molecule has 0 aliphatic rings. The highest BCUT2D eigenvalue weighted by atomic mass is 32.5. The molecular weight excluding hydrogens is 454 g/mol. The van der Waals surface area contributed by atoms with Crippen molar-refractivity contribution in [2.24, 2.45) is 5.84 Å². The van der Waals surface area contributed by atoms with Crippen LogP contribution in [-0.4, -0.2) is 31.6 Å². The Labute approximate surface area is 162 Å². The van der Waals surface area contributed by atoms with Crippen LogP contribution in [0.15, 0.2) is 35.5 Å². The number of benzene rings is 1. The highest BCUT2D eigenvalue weighted by molar-refractivity contribution is 8.45. The number of carbonyl (C=O) groups is 2. The van der Waals surface area contributed by atoms with Crippen LogP contribution in [0.3, 0.4) is 0 Å². The lowest BCUT2D eigenvalue weighted by molar-refractivity contribution is -0.141. The Bertz CT molecular complexity index is 1050. The molecule has 0 saturated heterocycles. The third kappa shape index (κ3) is 5.53. The van der Waals surface area contributed by atoms with Gasteiger partial charge in [-0.3, -0.25) is 9.59 Å². The molecule has 0 aliphatic carbocycles. The summed E-state index contributed by atoms with van der Waals surface area (Å²) in [6.07, 6.45) is -3.06. The first-order valence-electron chi connectivity index (χ1n) is 7.43. The van der Waals surface area contributed by atoms with Crippen LogP contribution in [0.1, 0.15) is 12.5 Å². The topological polar surface area (TPSA) is 94.1 Å². The summed E-state index contributed by atoms with van der Waals surface area (Å²) >= 11 is 0. The van der Waals surface area contributed by atoms with Crippen LogP contribution >= 0.6 is 10.2 Å². The first-order valence-corrected chi connectivity index (χ1v) is 9.38. The number of hydrogen-bond acceptors (Lipinski definition) is 5. The molecule has 2 amide bonds. The van der Waals surface area contributed by atoms with Gasteiger partial charge in [-0.2, -0.15) is 13.2 Å². The normalized spacial score (nSPS) is 15.0. The predicted octanol–water partition coefficient (Wildman–Crippen LogP) is 4.34. The quantitative estimate of drug-likeness (QED) is 0.238. The van der Waals surface area contributed by atoms with E-state index < -0.39 is 56.1 Å². The van der Waals surface area contributed by atoms with Crippen molar-refractivity contribution in [3.63, 3.8) is 0 Å². The molecule has 0 unspecified atom stereocenters. The van der Waals surface area contributed by atoms with Gasteiger partial charge >= 0.3 is 16.4 Å². The number of alkyl halides is 3. The SMILES string of the molecule is CC(=O)N(N)C(=O)/C=C\n1cnc(-c2cc(C(F)(F)F)cc(S(F)(F)(F)(F)F)c2)n1. The van der Waals surface area contributed by atoms with Crippen molar-refractivity contribution < 1.29 is 42.2 Å². The Balaban J connectivity index is 2.51. The molecule has 30 heavy (non-hydrogen) atoms. The number of hydrogen-bond donors (Lipinski definition) is 1. The third-order valence-corrected chi connectivity index (χ3v) is 4.52. The second-order valence-electron chi connectivity index (χ2n) is 5.80. The van der Waals surface area contributed by atoms with Crippen LogP contribution < -0.4 is 5.84 Å². The second-order valence-corrected chi connectivity index (χ2v) is 8.21. The van der Waals surface area contributed by atoms with Gasteiger partial charge in [0, 0.05) is 24.8 Å². The van der Waals surface area contributed by atoms with Crippen LogP contribution in [0.2, 0.25) is 0 Å². The first kappa shape index (κ1) is 23.3.